The monoisotopic (exact) mass is 264 g/mol. The van der Waals surface area contributed by atoms with Crippen molar-refractivity contribution in [2.24, 2.45) is 0 Å². The maximum Gasteiger partial charge on any atom is 0.248 e. The van der Waals surface area contributed by atoms with Crippen LogP contribution in [0.5, 0.6) is 0 Å². The van der Waals surface area contributed by atoms with Crippen LogP contribution >= 0.6 is 0 Å². The van der Waals surface area contributed by atoms with E-state index in [1.807, 2.05) is 0 Å². The average Bonchev–Trinajstić information content (AvgIpc) is 2.76. The molecule has 5 nitrogen and oxygen atoms in total. The van der Waals surface area contributed by atoms with Gasteiger partial charge in [0.2, 0.25) is 11.8 Å². The van der Waals surface area contributed by atoms with Gasteiger partial charge in [0.05, 0.1) is 25.7 Å². The molecule has 1 saturated carbocycles. The molecule has 2 heterocycles. The van der Waals surface area contributed by atoms with E-state index in [2.05, 4.69) is 5.32 Å². The van der Waals surface area contributed by atoms with E-state index < -0.39 is 0 Å². The zero-order valence-corrected chi connectivity index (χ0v) is 11.1. The molecular formula is C14H20N2O3. The molecule has 2 amide bonds. The van der Waals surface area contributed by atoms with Crippen LogP contribution in [0, 0.1) is 0 Å². The summed E-state index contributed by atoms with van der Waals surface area (Å²) in [4.78, 5) is 26.0. The standard InChI is InChI=1S/C14H20N2O3/c17-13(16-5-7-19-8-6-16)9-11-10-3-1-2-4-12(10)15-14(11)18/h12H,1-9H2,(H,15,18). The van der Waals surface area contributed by atoms with E-state index in [1.54, 1.807) is 4.90 Å². The second kappa shape index (κ2) is 5.33. The molecule has 1 aliphatic carbocycles. The number of carbonyl (C=O) groups is 2. The summed E-state index contributed by atoms with van der Waals surface area (Å²) < 4.78 is 5.24. The third kappa shape index (κ3) is 2.52. The highest BCUT2D eigenvalue weighted by Crippen LogP contribution is 2.32. The number of nitrogens with one attached hydrogen (secondary N) is 1. The van der Waals surface area contributed by atoms with Crippen molar-refractivity contribution in [3.8, 4) is 0 Å². The second-order valence-corrected chi connectivity index (χ2v) is 5.45. The first-order valence-electron chi connectivity index (χ1n) is 7.14. The predicted octanol–water partition coefficient (Wildman–Crippen LogP) is 0.604. The highest BCUT2D eigenvalue weighted by Gasteiger charge is 2.34. The van der Waals surface area contributed by atoms with Crippen LogP contribution in [0.4, 0.5) is 0 Å². The lowest BCUT2D eigenvalue weighted by Crippen LogP contribution is -2.41. The van der Waals surface area contributed by atoms with Gasteiger partial charge in [0, 0.05) is 18.7 Å². The fraction of sp³-hybridized carbons (Fsp3) is 0.714. The minimum absolute atomic E-state index is 0.0245. The number of amides is 2. The van der Waals surface area contributed by atoms with E-state index in [9.17, 15) is 9.59 Å². The predicted molar refractivity (Wildman–Crippen MR) is 69.4 cm³/mol. The van der Waals surface area contributed by atoms with Crippen molar-refractivity contribution in [3.63, 3.8) is 0 Å². The SMILES string of the molecule is O=C1NC2CCCCC2=C1CC(=O)N1CCOCC1. The molecular weight excluding hydrogens is 244 g/mol. The Morgan fingerprint density at radius 1 is 1.32 bits per heavy atom. The van der Waals surface area contributed by atoms with Crippen molar-refractivity contribution in [2.75, 3.05) is 26.3 Å². The molecule has 1 unspecified atom stereocenters. The molecule has 0 aromatic carbocycles. The number of fused-ring (bicyclic) bond motifs is 1. The molecule has 1 N–H and O–H groups in total. The summed E-state index contributed by atoms with van der Waals surface area (Å²) in [6.45, 7) is 2.50. The van der Waals surface area contributed by atoms with Crippen LogP contribution in [0.2, 0.25) is 0 Å². The lowest BCUT2D eigenvalue weighted by Gasteiger charge is -2.27. The van der Waals surface area contributed by atoms with Crippen LogP contribution in [-0.4, -0.2) is 49.1 Å². The molecule has 2 fully saturated rings. The Bertz CT molecular complexity index is 424. The number of hydrogen-bond acceptors (Lipinski definition) is 3. The smallest absolute Gasteiger partial charge is 0.248 e. The fourth-order valence-corrected chi connectivity index (χ4v) is 3.19. The van der Waals surface area contributed by atoms with E-state index in [1.165, 1.54) is 12.0 Å². The summed E-state index contributed by atoms with van der Waals surface area (Å²) in [5.74, 6) is 0.0377. The topological polar surface area (TPSA) is 58.6 Å². The quantitative estimate of drug-likeness (QED) is 0.794. The molecule has 5 heteroatoms. The summed E-state index contributed by atoms with van der Waals surface area (Å²) in [5, 5.41) is 3.01. The van der Waals surface area contributed by atoms with Gasteiger partial charge in [-0.1, -0.05) is 6.42 Å². The Balaban J connectivity index is 1.70. The molecule has 2 aliphatic heterocycles. The number of nitrogens with zero attached hydrogens (tertiary/aromatic N) is 1. The number of morpholine rings is 1. The number of hydrogen-bond donors (Lipinski definition) is 1. The van der Waals surface area contributed by atoms with Crippen LogP contribution in [0.1, 0.15) is 32.1 Å². The fourth-order valence-electron chi connectivity index (χ4n) is 3.19. The van der Waals surface area contributed by atoms with E-state index in [4.69, 9.17) is 4.74 Å². The largest absolute Gasteiger partial charge is 0.378 e. The molecule has 104 valence electrons. The van der Waals surface area contributed by atoms with Gasteiger partial charge in [0.25, 0.3) is 0 Å². The van der Waals surface area contributed by atoms with Gasteiger partial charge in [-0.15, -0.1) is 0 Å². The molecule has 19 heavy (non-hydrogen) atoms. The van der Waals surface area contributed by atoms with E-state index in [0.717, 1.165) is 24.8 Å². The Morgan fingerprint density at radius 3 is 2.89 bits per heavy atom. The Morgan fingerprint density at radius 2 is 2.11 bits per heavy atom. The van der Waals surface area contributed by atoms with Crippen molar-refractivity contribution >= 4 is 11.8 Å². The van der Waals surface area contributed by atoms with Crippen LogP contribution in [0.15, 0.2) is 11.1 Å². The van der Waals surface area contributed by atoms with Gasteiger partial charge in [-0.25, -0.2) is 0 Å². The number of rotatable bonds is 2. The molecule has 0 bridgehead atoms. The van der Waals surface area contributed by atoms with Gasteiger partial charge in [-0.3, -0.25) is 9.59 Å². The zero-order chi connectivity index (χ0) is 13.2. The van der Waals surface area contributed by atoms with E-state index in [-0.39, 0.29) is 24.3 Å². The summed E-state index contributed by atoms with van der Waals surface area (Å²) in [6, 6.07) is 0.203. The Hall–Kier alpha value is -1.36. The Labute approximate surface area is 113 Å². The van der Waals surface area contributed by atoms with Crippen molar-refractivity contribution in [1.29, 1.82) is 0 Å². The number of carbonyl (C=O) groups excluding carboxylic acids is 2. The van der Waals surface area contributed by atoms with Gasteiger partial charge in [0.15, 0.2) is 0 Å². The van der Waals surface area contributed by atoms with Gasteiger partial charge >= 0.3 is 0 Å². The van der Waals surface area contributed by atoms with Crippen LogP contribution in [-0.2, 0) is 14.3 Å². The van der Waals surface area contributed by atoms with Gasteiger partial charge in [0.1, 0.15) is 0 Å². The molecule has 0 aromatic heterocycles. The van der Waals surface area contributed by atoms with Crippen LogP contribution in [0.25, 0.3) is 0 Å². The first-order valence-corrected chi connectivity index (χ1v) is 7.14. The zero-order valence-electron chi connectivity index (χ0n) is 11.1. The third-order valence-electron chi connectivity index (χ3n) is 4.27. The van der Waals surface area contributed by atoms with Crippen molar-refractivity contribution < 1.29 is 14.3 Å². The minimum Gasteiger partial charge on any atom is -0.378 e. The summed E-state index contributed by atoms with van der Waals surface area (Å²) in [7, 11) is 0. The third-order valence-corrected chi connectivity index (χ3v) is 4.27. The van der Waals surface area contributed by atoms with Gasteiger partial charge in [-0.05, 0) is 24.8 Å². The second-order valence-electron chi connectivity index (χ2n) is 5.45. The molecule has 3 rings (SSSR count). The van der Waals surface area contributed by atoms with Crippen molar-refractivity contribution in [3.05, 3.63) is 11.1 Å². The van der Waals surface area contributed by atoms with E-state index >= 15 is 0 Å². The van der Waals surface area contributed by atoms with Gasteiger partial charge < -0.3 is 15.0 Å². The average molecular weight is 264 g/mol. The van der Waals surface area contributed by atoms with Gasteiger partial charge in [-0.2, -0.15) is 0 Å². The van der Waals surface area contributed by atoms with Crippen LogP contribution in [0.3, 0.4) is 0 Å². The van der Waals surface area contributed by atoms with Crippen LogP contribution < -0.4 is 5.32 Å². The molecule has 1 atom stereocenters. The number of ether oxygens (including phenoxy) is 1. The molecule has 1 saturated heterocycles. The van der Waals surface area contributed by atoms with Crippen molar-refractivity contribution in [2.45, 2.75) is 38.1 Å². The summed E-state index contributed by atoms with van der Waals surface area (Å²) in [6.07, 6.45) is 4.55. The lowest BCUT2D eigenvalue weighted by molar-refractivity contribution is -0.135. The van der Waals surface area contributed by atoms with E-state index in [0.29, 0.717) is 26.3 Å². The molecule has 0 aromatic rings. The summed E-state index contributed by atoms with van der Waals surface area (Å²) >= 11 is 0. The molecule has 0 spiro atoms. The summed E-state index contributed by atoms with van der Waals surface area (Å²) in [5.41, 5.74) is 1.93. The molecule has 0 radical (unpaired) electrons. The highest BCUT2D eigenvalue weighted by atomic mass is 16.5. The highest BCUT2D eigenvalue weighted by molar-refractivity contribution is 6.02. The first kappa shape index (κ1) is 12.7. The lowest BCUT2D eigenvalue weighted by atomic mass is 9.88. The maximum atomic E-state index is 12.2. The van der Waals surface area contributed by atoms with Crippen molar-refractivity contribution in [1.82, 2.24) is 10.2 Å². The normalized spacial score (nSPS) is 27.3. The molecule has 3 aliphatic rings. The Kier molecular flexibility index (Phi) is 3.55. The minimum atomic E-state index is -0.0245. The maximum absolute atomic E-state index is 12.2. The first-order chi connectivity index (χ1) is 9.25.